The second-order valence-corrected chi connectivity index (χ2v) is 6.78. The van der Waals surface area contributed by atoms with E-state index in [1.54, 1.807) is 0 Å². The summed E-state index contributed by atoms with van der Waals surface area (Å²) in [6.07, 6.45) is 11.9. The van der Waals surface area contributed by atoms with E-state index in [9.17, 15) is 4.79 Å². The van der Waals surface area contributed by atoms with Crippen molar-refractivity contribution >= 4 is 5.91 Å². The lowest BCUT2D eigenvalue weighted by atomic mass is 9.78. The smallest absolute Gasteiger partial charge is 0.225 e. The van der Waals surface area contributed by atoms with Gasteiger partial charge in [-0.15, -0.1) is 0 Å². The molecule has 2 N–H and O–H groups in total. The molecule has 2 aliphatic rings. The monoisotopic (exact) mass is 280 g/mol. The van der Waals surface area contributed by atoms with Gasteiger partial charge in [0.1, 0.15) is 0 Å². The molecule has 2 fully saturated rings. The lowest BCUT2D eigenvalue weighted by molar-refractivity contribution is -0.141. The molecule has 1 saturated carbocycles. The summed E-state index contributed by atoms with van der Waals surface area (Å²) in [7, 11) is 0. The van der Waals surface area contributed by atoms with E-state index in [4.69, 9.17) is 5.73 Å². The van der Waals surface area contributed by atoms with Crippen LogP contribution in [0.1, 0.15) is 71.1 Å². The molecule has 3 nitrogen and oxygen atoms in total. The first-order valence-corrected chi connectivity index (χ1v) is 8.76. The standard InChI is InChI=1S/C17H32N2O/c1-2-6-16-9-3-4-12-19(16)17(20)15-8-5-7-14(13-15)10-11-18/h14-16H,2-13,18H2,1H3. The van der Waals surface area contributed by atoms with Gasteiger partial charge in [-0.25, -0.2) is 0 Å². The highest BCUT2D eigenvalue weighted by molar-refractivity contribution is 5.79. The summed E-state index contributed by atoms with van der Waals surface area (Å²) < 4.78 is 0. The van der Waals surface area contributed by atoms with Gasteiger partial charge in [0, 0.05) is 18.5 Å². The minimum atomic E-state index is 0.290. The maximum Gasteiger partial charge on any atom is 0.225 e. The average Bonchev–Trinajstić information content (AvgIpc) is 2.48. The summed E-state index contributed by atoms with van der Waals surface area (Å²) in [5.74, 6) is 1.44. The van der Waals surface area contributed by atoms with Crippen LogP contribution in [0, 0.1) is 11.8 Å². The summed E-state index contributed by atoms with van der Waals surface area (Å²) >= 11 is 0. The zero-order valence-corrected chi connectivity index (χ0v) is 13.2. The van der Waals surface area contributed by atoms with E-state index in [-0.39, 0.29) is 5.92 Å². The Bertz CT molecular complexity index is 301. The van der Waals surface area contributed by atoms with Gasteiger partial charge in [-0.05, 0) is 57.4 Å². The van der Waals surface area contributed by atoms with Gasteiger partial charge in [0.2, 0.25) is 5.91 Å². The SMILES string of the molecule is CCCC1CCCCN1C(=O)C1CCCC(CCN)C1. The number of carbonyl (C=O) groups is 1. The number of rotatable bonds is 5. The number of hydrogen-bond donors (Lipinski definition) is 1. The molecule has 0 aromatic carbocycles. The third kappa shape index (κ3) is 3.97. The molecule has 2 rings (SSSR count). The lowest BCUT2D eigenvalue weighted by Gasteiger charge is -2.39. The molecule has 116 valence electrons. The Morgan fingerprint density at radius 3 is 2.75 bits per heavy atom. The van der Waals surface area contributed by atoms with E-state index in [2.05, 4.69) is 11.8 Å². The molecule has 20 heavy (non-hydrogen) atoms. The van der Waals surface area contributed by atoms with Crippen LogP contribution in [-0.2, 0) is 4.79 Å². The summed E-state index contributed by atoms with van der Waals surface area (Å²) in [4.78, 5) is 15.1. The Kier molecular flexibility index (Phi) is 6.34. The first-order valence-electron chi connectivity index (χ1n) is 8.76. The van der Waals surface area contributed by atoms with Crippen LogP contribution < -0.4 is 5.73 Å². The topological polar surface area (TPSA) is 46.3 Å². The highest BCUT2D eigenvalue weighted by atomic mass is 16.2. The van der Waals surface area contributed by atoms with Crippen molar-refractivity contribution in [3.8, 4) is 0 Å². The molecule has 1 heterocycles. The van der Waals surface area contributed by atoms with Crippen molar-refractivity contribution in [2.45, 2.75) is 77.2 Å². The van der Waals surface area contributed by atoms with Crippen molar-refractivity contribution in [2.24, 2.45) is 17.6 Å². The third-order valence-electron chi connectivity index (χ3n) is 5.24. The van der Waals surface area contributed by atoms with Gasteiger partial charge < -0.3 is 10.6 Å². The Hall–Kier alpha value is -0.570. The number of nitrogens with two attached hydrogens (primary N) is 1. The Morgan fingerprint density at radius 2 is 2.00 bits per heavy atom. The first-order chi connectivity index (χ1) is 9.76. The van der Waals surface area contributed by atoms with Crippen LogP contribution in [0.25, 0.3) is 0 Å². The fourth-order valence-corrected chi connectivity index (χ4v) is 4.17. The molecule has 1 aliphatic carbocycles. The number of piperidine rings is 1. The average molecular weight is 280 g/mol. The minimum absolute atomic E-state index is 0.290. The van der Waals surface area contributed by atoms with Gasteiger partial charge in [0.05, 0.1) is 0 Å². The lowest BCUT2D eigenvalue weighted by Crippen LogP contribution is -2.47. The molecule has 0 bridgehead atoms. The van der Waals surface area contributed by atoms with E-state index < -0.39 is 0 Å². The quantitative estimate of drug-likeness (QED) is 0.839. The predicted molar refractivity (Wildman–Crippen MR) is 83.4 cm³/mol. The minimum Gasteiger partial charge on any atom is -0.339 e. The van der Waals surface area contributed by atoms with Crippen molar-refractivity contribution in [3.05, 3.63) is 0 Å². The van der Waals surface area contributed by atoms with Gasteiger partial charge in [0.25, 0.3) is 0 Å². The predicted octanol–water partition coefficient (Wildman–Crippen LogP) is 3.32. The van der Waals surface area contributed by atoms with Gasteiger partial charge in [-0.3, -0.25) is 4.79 Å². The van der Waals surface area contributed by atoms with Crippen molar-refractivity contribution in [1.82, 2.24) is 4.90 Å². The third-order valence-corrected chi connectivity index (χ3v) is 5.24. The van der Waals surface area contributed by atoms with Crippen LogP contribution in [-0.4, -0.2) is 29.9 Å². The van der Waals surface area contributed by atoms with E-state index >= 15 is 0 Å². The summed E-state index contributed by atoms with van der Waals surface area (Å²) in [6, 6.07) is 0.524. The van der Waals surface area contributed by atoms with E-state index in [0.717, 1.165) is 32.4 Å². The molecular formula is C17H32N2O. The van der Waals surface area contributed by atoms with Crippen molar-refractivity contribution < 1.29 is 4.79 Å². The zero-order valence-electron chi connectivity index (χ0n) is 13.2. The van der Waals surface area contributed by atoms with Crippen LogP contribution in [0.3, 0.4) is 0 Å². The molecule has 1 aliphatic heterocycles. The van der Waals surface area contributed by atoms with Crippen molar-refractivity contribution in [3.63, 3.8) is 0 Å². The number of nitrogens with zero attached hydrogens (tertiary/aromatic N) is 1. The van der Waals surface area contributed by atoms with Crippen LogP contribution >= 0.6 is 0 Å². The molecule has 0 spiro atoms. The summed E-state index contributed by atoms with van der Waals surface area (Å²) in [5.41, 5.74) is 5.69. The molecule has 1 saturated heterocycles. The van der Waals surface area contributed by atoms with Crippen LogP contribution in [0.2, 0.25) is 0 Å². The zero-order chi connectivity index (χ0) is 14.4. The molecular weight excluding hydrogens is 248 g/mol. The molecule has 3 heteroatoms. The van der Waals surface area contributed by atoms with Gasteiger partial charge >= 0.3 is 0 Å². The maximum atomic E-state index is 12.9. The van der Waals surface area contributed by atoms with Crippen LogP contribution in [0.5, 0.6) is 0 Å². The largest absolute Gasteiger partial charge is 0.339 e. The van der Waals surface area contributed by atoms with Crippen molar-refractivity contribution in [2.75, 3.05) is 13.1 Å². The Labute approximate surface area is 124 Å². The van der Waals surface area contributed by atoms with E-state index in [1.165, 1.54) is 44.9 Å². The fraction of sp³-hybridized carbons (Fsp3) is 0.941. The van der Waals surface area contributed by atoms with Gasteiger partial charge in [0.15, 0.2) is 0 Å². The fourth-order valence-electron chi connectivity index (χ4n) is 4.17. The number of carbonyl (C=O) groups excluding carboxylic acids is 1. The normalized spacial score (nSPS) is 31.3. The highest BCUT2D eigenvalue weighted by Crippen LogP contribution is 2.33. The first kappa shape index (κ1) is 15.8. The van der Waals surface area contributed by atoms with Crippen LogP contribution in [0.15, 0.2) is 0 Å². The molecule has 1 amide bonds. The number of amides is 1. The van der Waals surface area contributed by atoms with Crippen molar-refractivity contribution in [1.29, 1.82) is 0 Å². The number of hydrogen-bond acceptors (Lipinski definition) is 2. The van der Waals surface area contributed by atoms with E-state index in [1.807, 2.05) is 0 Å². The highest BCUT2D eigenvalue weighted by Gasteiger charge is 2.33. The van der Waals surface area contributed by atoms with Gasteiger partial charge in [-0.2, -0.15) is 0 Å². The Balaban J connectivity index is 1.94. The molecule has 0 aromatic rings. The second-order valence-electron chi connectivity index (χ2n) is 6.78. The van der Waals surface area contributed by atoms with Gasteiger partial charge in [-0.1, -0.05) is 26.2 Å². The molecule has 3 unspecified atom stereocenters. The Morgan fingerprint density at radius 1 is 1.15 bits per heavy atom. The molecule has 0 aromatic heterocycles. The maximum absolute atomic E-state index is 12.9. The summed E-state index contributed by atoms with van der Waals surface area (Å²) in [6.45, 7) is 4.00. The van der Waals surface area contributed by atoms with Crippen LogP contribution in [0.4, 0.5) is 0 Å². The van der Waals surface area contributed by atoms with E-state index in [0.29, 0.717) is 17.9 Å². The molecule has 0 radical (unpaired) electrons. The number of likely N-dealkylation sites (tertiary alicyclic amines) is 1. The summed E-state index contributed by atoms with van der Waals surface area (Å²) in [5, 5.41) is 0. The second kappa shape index (κ2) is 8.02. The molecule has 3 atom stereocenters.